The highest BCUT2D eigenvalue weighted by Crippen LogP contribution is 2.50. The Balaban J connectivity index is 0.931. The molecule has 0 atom stereocenters. The SMILES string of the molecule is Cc1c(-c2ccccc2)cnc2c1c1ccccc1c1ccccc1c1cccc3c4ccc(Oc5cccc(N6CN(c7c(-c8ccccc8)cccc7-c7ccccc7)c7ccccc76)c5)cc4n2c13. The summed E-state index contributed by atoms with van der Waals surface area (Å²) in [7, 11) is 0. The van der Waals surface area contributed by atoms with Crippen molar-refractivity contribution in [1.82, 2.24) is 9.38 Å². The molecule has 0 fully saturated rings. The molecule has 4 heterocycles. The van der Waals surface area contributed by atoms with Crippen LogP contribution in [0.4, 0.5) is 22.7 Å². The van der Waals surface area contributed by atoms with Crippen molar-refractivity contribution in [3.05, 3.63) is 254 Å². The predicted octanol–water partition coefficient (Wildman–Crippen LogP) is 18.0. The van der Waals surface area contributed by atoms with Gasteiger partial charge in [0, 0.05) is 62.3 Å². The maximum absolute atomic E-state index is 6.99. The van der Waals surface area contributed by atoms with Gasteiger partial charge in [0.15, 0.2) is 0 Å². The van der Waals surface area contributed by atoms with Crippen LogP contribution < -0.4 is 14.5 Å². The molecule has 0 aliphatic carbocycles. The van der Waals surface area contributed by atoms with Crippen LogP contribution in [0.1, 0.15) is 5.56 Å². The van der Waals surface area contributed by atoms with E-state index in [4.69, 9.17) is 9.72 Å². The smallest absolute Gasteiger partial charge is 0.145 e. The average Bonchev–Trinajstić information content (AvgIpc) is 4.00. The standard InChI is InChI=1S/C67H46N4O/c1-44-60(47-24-9-4-10-25-47)42-68-67-64(44)57-31-14-13-29-54(57)53-28-11-12-30-55(53)58-34-19-35-59-56-39-38-50(41-63(56)71(67)66(58)59)72-49-27-17-26-48(40-49)69-43-70(62-37-16-15-36-61(62)69)65-51(45-20-5-2-6-21-45)32-18-33-52(65)46-22-7-3-8-23-46/h2-42H,43H2,1H3. The van der Waals surface area contributed by atoms with Crippen LogP contribution in [0, 0.1) is 6.92 Å². The molecule has 0 spiro atoms. The van der Waals surface area contributed by atoms with Gasteiger partial charge in [-0.15, -0.1) is 0 Å². The molecular formula is C67H46N4O. The number of aromatic nitrogens is 2. The first-order valence-electron chi connectivity index (χ1n) is 24.6. The summed E-state index contributed by atoms with van der Waals surface area (Å²) in [6.45, 7) is 2.87. The molecule has 1 aliphatic heterocycles. The Bertz CT molecular complexity index is 4240. The van der Waals surface area contributed by atoms with Crippen molar-refractivity contribution in [3.63, 3.8) is 0 Å². The van der Waals surface area contributed by atoms with E-state index in [-0.39, 0.29) is 0 Å². The van der Waals surface area contributed by atoms with Gasteiger partial charge in [-0.2, -0.15) is 0 Å². The van der Waals surface area contributed by atoms with Crippen molar-refractivity contribution in [1.29, 1.82) is 0 Å². The molecule has 72 heavy (non-hydrogen) atoms. The third kappa shape index (κ3) is 6.66. The Morgan fingerprint density at radius 1 is 0.403 bits per heavy atom. The highest BCUT2D eigenvalue weighted by molar-refractivity contribution is 6.25. The number of rotatable bonds is 7. The Morgan fingerprint density at radius 3 is 1.57 bits per heavy atom. The molecule has 0 N–H and O–H groups in total. The van der Waals surface area contributed by atoms with Gasteiger partial charge >= 0.3 is 0 Å². The molecule has 340 valence electrons. The lowest BCUT2D eigenvalue weighted by atomic mass is 9.95. The summed E-state index contributed by atoms with van der Waals surface area (Å²) in [5, 5.41) is 9.28. The molecule has 5 nitrogen and oxygen atoms in total. The summed E-state index contributed by atoms with van der Waals surface area (Å²) < 4.78 is 9.39. The van der Waals surface area contributed by atoms with Crippen molar-refractivity contribution in [2.45, 2.75) is 6.92 Å². The van der Waals surface area contributed by atoms with Crippen molar-refractivity contribution in [3.8, 4) is 44.9 Å². The van der Waals surface area contributed by atoms with Gasteiger partial charge in [0.2, 0.25) is 0 Å². The van der Waals surface area contributed by atoms with Gasteiger partial charge < -0.3 is 14.5 Å². The monoisotopic (exact) mass is 922 g/mol. The molecular weight excluding hydrogens is 877 g/mol. The zero-order chi connectivity index (χ0) is 47.7. The lowest BCUT2D eigenvalue weighted by molar-refractivity contribution is 0.483. The Labute approximate surface area is 417 Å². The van der Waals surface area contributed by atoms with Crippen molar-refractivity contribution >= 4 is 82.5 Å². The summed E-state index contributed by atoms with van der Waals surface area (Å²) >= 11 is 0. The fourth-order valence-electron chi connectivity index (χ4n) is 11.4. The fraction of sp³-hybridized carbons (Fsp3) is 0.0299. The second-order valence-electron chi connectivity index (χ2n) is 18.7. The zero-order valence-corrected chi connectivity index (χ0v) is 39.6. The molecule has 14 rings (SSSR count). The second kappa shape index (κ2) is 16.9. The number of aryl methyl sites for hydroxylation is 1. The molecule has 5 heteroatoms. The van der Waals surface area contributed by atoms with E-state index in [1.165, 1.54) is 49.7 Å². The van der Waals surface area contributed by atoms with Gasteiger partial charge in [-0.3, -0.25) is 4.40 Å². The van der Waals surface area contributed by atoms with E-state index >= 15 is 0 Å². The maximum atomic E-state index is 6.99. The number of hydrogen-bond donors (Lipinski definition) is 0. The minimum atomic E-state index is 0.616. The van der Waals surface area contributed by atoms with E-state index in [1.807, 2.05) is 0 Å². The van der Waals surface area contributed by atoms with Crippen LogP contribution in [-0.4, -0.2) is 16.1 Å². The number of fused-ring (bicyclic) bond motifs is 11. The molecule has 0 bridgehead atoms. The highest BCUT2D eigenvalue weighted by Gasteiger charge is 2.31. The Hall–Kier alpha value is -9.45. The van der Waals surface area contributed by atoms with Gasteiger partial charge in [0.1, 0.15) is 23.8 Å². The summed E-state index contributed by atoms with van der Waals surface area (Å²) in [6, 6.07) is 86.9. The minimum absolute atomic E-state index is 0.616. The van der Waals surface area contributed by atoms with Crippen molar-refractivity contribution in [2.24, 2.45) is 0 Å². The number of anilines is 4. The van der Waals surface area contributed by atoms with Gasteiger partial charge in [-0.1, -0.05) is 194 Å². The van der Waals surface area contributed by atoms with Crippen LogP contribution in [-0.2, 0) is 0 Å². The molecule has 0 radical (unpaired) electrons. The van der Waals surface area contributed by atoms with E-state index in [1.54, 1.807) is 0 Å². The number of nitrogens with zero attached hydrogens (tertiary/aromatic N) is 4. The van der Waals surface area contributed by atoms with Crippen LogP contribution in [0.3, 0.4) is 0 Å². The predicted molar refractivity (Wildman–Crippen MR) is 301 cm³/mol. The summed E-state index contributed by atoms with van der Waals surface area (Å²) in [6.07, 6.45) is 2.06. The Morgan fingerprint density at radius 2 is 0.903 bits per heavy atom. The van der Waals surface area contributed by atoms with E-state index in [0.29, 0.717) is 6.67 Å². The first kappa shape index (κ1) is 41.5. The minimum Gasteiger partial charge on any atom is -0.457 e. The summed E-state index contributed by atoms with van der Waals surface area (Å²) in [4.78, 5) is 10.3. The normalized spacial score (nSPS) is 12.4. The van der Waals surface area contributed by atoms with Gasteiger partial charge in [0.25, 0.3) is 0 Å². The van der Waals surface area contributed by atoms with E-state index < -0.39 is 0 Å². The molecule has 0 unspecified atom stereocenters. The first-order valence-corrected chi connectivity index (χ1v) is 24.6. The Kier molecular flexibility index (Phi) is 9.75. The lowest BCUT2D eigenvalue weighted by Crippen LogP contribution is -2.24. The number of pyridine rings is 1. The molecule has 10 aromatic carbocycles. The summed E-state index contributed by atoms with van der Waals surface area (Å²) in [5.74, 6) is 1.50. The van der Waals surface area contributed by atoms with Crippen LogP contribution >= 0.6 is 0 Å². The van der Waals surface area contributed by atoms with E-state index in [0.717, 1.165) is 83.3 Å². The molecule has 1 aliphatic rings. The second-order valence-corrected chi connectivity index (χ2v) is 18.7. The molecule has 0 saturated heterocycles. The average molecular weight is 923 g/mol. The highest BCUT2D eigenvalue weighted by atomic mass is 16.5. The van der Waals surface area contributed by atoms with E-state index in [2.05, 4.69) is 270 Å². The van der Waals surface area contributed by atoms with E-state index in [9.17, 15) is 0 Å². The topological polar surface area (TPSA) is 33.0 Å². The van der Waals surface area contributed by atoms with Gasteiger partial charge in [-0.05, 0) is 87.1 Å². The zero-order valence-electron chi connectivity index (χ0n) is 39.6. The quantitative estimate of drug-likeness (QED) is 0.159. The molecule has 13 aromatic rings. The van der Waals surface area contributed by atoms with Crippen molar-refractivity contribution in [2.75, 3.05) is 16.5 Å². The molecule has 0 saturated carbocycles. The third-order valence-electron chi connectivity index (χ3n) is 14.7. The number of para-hydroxylation sites is 4. The van der Waals surface area contributed by atoms with Crippen LogP contribution in [0.25, 0.3) is 93.2 Å². The lowest BCUT2D eigenvalue weighted by Gasteiger charge is -2.27. The number of benzene rings is 10. The first-order chi connectivity index (χ1) is 35.7. The molecule has 0 amide bonds. The van der Waals surface area contributed by atoms with Crippen LogP contribution in [0.2, 0.25) is 0 Å². The largest absolute Gasteiger partial charge is 0.457 e. The van der Waals surface area contributed by atoms with Gasteiger partial charge in [-0.25, -0.2) is 4.98 Å². The van der Waals surface area contributed by atoms with Crippen LogP contribution in [0.5, 0.6) is 11.5 Å². The number of hydrogen-bond acceptors (Lipinski definition) is 4. The van der Waals surface area contributed by atoms with Crippen molar-refractivity contribution < 1.29 is 4.74 Å². The number of ether oxygens (including phenoxy) is 1. The third-order valence-corrected chi connectivity index (χ3v) is 14.7. The van der Waals surface area contributed by atoms with Crippen LogP contribution in [0.15, 0.2) is 249 Å². The molecule has 3 aromatic heterocycles. The maximum Gasteiger partial charge on any atom is 0.145 e. The fourth-order valence-corrected chi connectivity index (χ4v) is 11.4. The summed E-state index contributed by atoms with van der Waals surface area (Å²) in [5.41, 5.74) is 15.7. The van der Waals surface area contributed by atoms with Gasteiger partial charge in [0.05, 0.1) is 28.1 Å².